The first-order chi connectivity index (χ1) is 18.4. The van der Waals surface area contributed by atoms with Gasteiger partial charge in [-0.05, 0) is 29.8 Å². The van der Waals surface area contributed by atoms with Crippen LogP contribution in [0.1, 0.15) is 25.0 Å². The van der Waals surface area contributed by atoms with Crippen molar-refractivity contribution in [1.29, 1.82) is 0 Å². The molecule has 0 unspecified atom stereocenters. The van der Waals surface area contributed by atoms with E-state index in [9.17, 15) is 5.11 Å². The molecule has 2 heterocycles. The van der Waals surface area contributed by atoms with Gasteiger partial charge in [-0.25, -0.2) is 4.98 Å². The summed E-state index contributed by atoms with van der Waals surface area (Å²) in [6.07, 6.45) is 1.82. The van der Waals surface area contributed by atoms with E-state index in [1.54, 1.807) is 6.07 Å². The van der Waals surface area contributed by atoms with Crippen molar-refractivity contribution in [3.05, 3.63) is 127 Å². The van der Waals surface area contributed by atoms with Crippen molar-refractivity contribution in [2.45, 2.75) is 19.3 Å². The Kier molecular flexibility index (Phi) is 7.25. The maximum absolute atomic E-state index is 10.5. The van der Waals surface area contributed by atoms with Crippen molar-refractivity contribution in [2.75, 3.05) is 0 Å². The number of benzene rings is 4. The fourth-order valence-electron chi connectivity index (χ4n) is 5.09. The standard InChI is InChI=1S/C34H28N3O.Pt/c1-34(2,25-12-5-4-6-13-25)26-21-23(20-24(22-26)29-16-9-10-19-35-29)27-15-11-17-30-32(27)36-33(37(30)3)28-14-7-8-18-31(28)38;/h4-19,21-22,38H,1-3H3;/q-1;. The summed E-state index contributed by atoms with van der Waals surface area (Å²) in [6, 6.07) is 38.1. The fraction of sp³-hybridized carbons (Fsp3) is 0.118. The smallest absolute Gasteiger partial charge is 0.143 e. The van der Waals surface area contributed by atoms with Gasteiger partial charge in [-0.1, -0.05) is 91.7 Å². The minimum Gasteiger partial charge on any atom is -0.507 e. The summed E-state index contributed by atoms with van der Waals surface area (Å²) >= 11 is 0. The van der Waals surface area contributed by atoms with Crippen LogP contribution in [0.15, 0.2) is 109 Å². The van der Waals surface area contributed by atoms with Crippen LogP contribution in [0.4, 0.5) is 0 Å². The number of hydrogen-bond donors (Lipinski definition) is 1. The summed E-state index contributed by atoms with van der Waals surface area (Å²) in [5.74, 6) is 0.930. The normalized spacial score (nSPS) is 11.4. The van der Waals surface area contributed by atoms with Crippen LogP contribution in [0.25, 0.3) is 44.8 Å². The topological polar surface area (TPSA) is 50.9 Å². The van der Waals surface area contributed by atoms with Crippen LogP contribution in [0.5, 0.6) is 5.75 Å². The number of para-hydroxylation sites is 2. The maximum Gasteiger partial charge on any atom is 0.143 e. The number of phenols is 1. The van der Waals surface area contributed by atoms with Crippen molar-refractivity contribution >= 4 is 11.0 Å². The van der Waals surface area contributed by atoms with Crippen molar-refractivity contribution in [3.63, 3.8) is 0 Å². The molecule has 0 saturated heterocycles. The van der Waals surface area contributed by atoms with Crippen LogP contribution in [0, 0.1) is 6.07 Å². The first kappa shape index (κ1) is 26.6. The SMILES string of the molecule is Cn1c(-c2ccccc2O)nc2c(-c3[c-]c(-c4ccccn4)cc(C(C)(C)c4ccccc4)c3)cccc21.[Pt]. The van der Waals surface area contributed by atoms with E-state index in [2.05, 4.69) is 79.5 Å². The summed E-state index contributed by atoms with van der Waals surface area (Å²) in [7, 11) is 1.98. The molecule has 6 rings (SSSR count). The Morgan fingerprint density at radius 1 is 0.744 bits per heavy atom. The summed E-state index contributed by atoms with van der Waals surface area (Å²) in [5, 5.41) is 10.5. The first-order valence-corrected chi connectivity index (χ1v) is 12.7. The van der Waals surface area contributed by atoms with Crippen LogP contribution in [-0.2, 0) is 33.5 Å². The number of phenolic OH excluding ortho intramolecular Hbond substituents is 1. The Morgan fingerprint density at radius 3 is 2.18 bits per heavy atom. The number of aromatic hydroxyl groups is 1. The summed E-state index contributed by atoms with van der Waals surface area (Å²) in [6.45, 7) is 4.50. The van der Waals surface area contributed by atoms with Crippen LogP contribution >= 0.6 is 0 Å². The molecule has 1 N–H and O–H groups in total. The zero-order valence-electron chi connectivity index (χ0n) is 22.0. The summed E-state index contributed by atoms with van der Waals surface area (Å²) in [4.78, 5) is 9.67. The molecule has 196 valence electrons. The first-order valence-electron chi connectivity index (χ1n) is 12.7. The second kappa shape index (κ2) is 10.6. The zero-order valence-corrected chi connectivity index (χ0v) is 24.3. The Bertz CT molecular complexity index is 1760. The van der Waals surface area contributed by atoms with Gasteiger partial charge in [-0.3, -0.25) is 4.98 Å². The van der Waals surface area contributed by atoms with Gasteiger partial charge in [0, 0.05) is 45.4 Å². The van der Waals surface area contributed by atoms with Gasteiger partial charge in [0.15, 0.2) is 0 Å². The molecule has 4 nitrogen and oxygen atoms in total. The van der Waals surface area contributed by atoms with Crippen LogP contribution in [0.2, 0.25) is 0 Å². The van der Waals surface area contributed by atoms with Crippen molar-refractivity contribution in [1.82, 2.24) is 14.5 Å². The number of nitrogens with zero attached hydrogens (tertiary/aromatic N) is 3. The number of rotatable bonds is 5. The molecule has 5 heteroatoms. The summed E-state index contributed by atoms with van der Waals surface area (Å²) < 4.78 is 2.03. The Hall–Kier alpha value is -4.01. The quantitative estimate of drug-likeness (QED) is 0.188. The molecule has 0 spiro atoms. The fourth-order valence-corrected chi connectivity index (χ4v) is 5.09. The molecular weight excluding hydrogens is 661 g/mol. The third-order valence-electron chi connectivity index (χ3n) is 7.37. The maximum atomic E-state index is 10.5. The molecule has 6 aromatic rings. The molecule has 0 aliphatic heterocycles. The van der Waals surface area contributed by atoms with E-state index in [0.717, 1.165) is 39.2 Å². The molecule has 39 heavy (non-hydrogen) atoms. The molecule has 0 saturated carbocycles. The molecule has 0 atom stereocenters. The van der Waals surface area contributed by atoms with Gasteiger partial charge in [0.05, 0.1) is 16.6 Å². The molecule has 4 aromatic carbocycles. The molecule has 0 aliphatic carbocycles. The van der Waals surface area contributed by atoms with Gasteiger partial charge in [0.2, 0.25) is 0 Å². The third kappa shape index (κ3) is 4.81. The second-order valence-corrected chi connectivity index (χ2v) is 10.1. The largest absolute Gasteiger partial charge is 0.507 e. The monoisotopic (exact) mass is 689 g/mol. The minimum absolute atomic E-state index is 0. The molecular formula is C34H28N3OPt-. The average molecular weight is 690 g/mol. The average Bonchev–Trinajstić information content (AvgIpc) is 3.30. The van der Waals surface area contributed by atoms with Gasteiger partial charge in [-0.15, -0.1) is 29.3 Å². The molecule has 0 aliphatic rings. The van der Waals surface area contributed by atoms with Gasteiger partial charge in [0.25, 0.3) is 0 Å². The molecule has 2 aromatic heterocycles. The van der Waals surface area contributed by atoms with Crippen LogP contribution < -0.4 is 0 Å². The van der Waals surface area contributed by atoms with Gasteiger partial charge in [-0.2, -0.15) is 0 Å². The van der Waals surface area contributed by atoms with E-state index in [1.165, 1.54) is 11.1 Å². The number of imidazole rings is 1. The third-order valence-corrected chi connectivity index (χ3v) is 7.37. The Labute approximate surface area is 243 Å². The van der Waals surface area contributed by atoms with Crippen LogP contribution in [0.3, 0.4) is 0 Å². The Morgan fingerprint density at radius 2 is 1.44 bits per heavy atom. The van der Waals surface area contributed by atoms with Crippen molar-refractivity contribution in [2.24, 2.45) is 7.05 Å². The predicted octanol–water partition coefficient (Wildman–Crippen LogP) is 7.80. The van der Waals surface area contributed by atoms with Gasteiger partial charge >= 0.3 is 0 Å². The van der Waals surface area contributed by atoms with E-state index in [-0.39, 0.29) is 32.2 Å². The number of fused-ring (bicyclic) bond motifs is 1. The number of hydrogen-bond acceptors (Lipinski definition) is 3. The zero-order chi connectivity index (χ0) is 26.3. The molecule has 0 radical (unpaired) electrons. The van der Waals surface area contributed by atoms with Crippen molar-refractivity contribution in [3.8, 4) is 39.5 Å². The molecule has 0 amide bonds. The minimum atomic E-state index is -0.242. The number of pyridine rings is 1. The Balaban J connectivity index is 0.00000308. The van der Waals surface area contributed by atoms with Gasteiger partial charge < -0.3 is 9.67 Å². The van der Waals surface area contributed by atoms with Gasteiger partial charge in [0.1, 0.15) is 11.6 Å². The van der Waals surface area contributed by atoms with E-state index in [0.29, 0.717) is 5.56 Å². The van der Waals surface area contributed by atoms with E-state index in [4.69, 9.17) is 4.98 Å². The van der Waals surface area contributed by atoms with E-state index >= 15 is 0 Å². The second-order valence-electron chi connectivity index (χ2n) is 10.1. The molecule has 0 bridgehead atoms. The summed E-state index contributed by atoms with van der Waals surface area (Å²) in [5.41, 5.74) is 8.49. The number of aromatic nitrogens is 3. The van der Waals surface area contributed by atoms with Crippen LogP contribution in [-0.4, -0.2) is 19.6 Å². The van der Waals surface area contributed by atoms with Crippen molar-refractivity contribution < 1.29 is 26.2 Å². The molecule has 0 fully saturated rings. The number of aryl methyl sites for hydroxylation is 1. The van der Waals surface area contributed by atoms with E-state index < -0.39 is 0 Å². The predicted molar refractivity (Wildman–Crippen MR) is 154 cm³/mol. The van der Waals surface area contributed by atoms with E-state index in [1.807, 2.05) is 60.3 Å².